The first-order chi connectivity index (χ1) is 5.77. The summed E-state index contributed by atoms with van der Waals surface area (Å²) in [5, 5.41) is 12.6. The van der Waals surface area contributed by atoms with E-state index in [2.05, 4.69) is 12.2 Å². The SMILES string of the molecule is Br.CC1NCCc2cc(O)ccc21. The summed E-state index contributed by atoms with van der Waals surface area (Å²) in [6.45, 7) is 3.16. The van der Waals surface area contributed by atoms with Gasteiger partial charge in [0, 0.05) is 6.04 Å². The van der Waals surface area contributed by atoms with E-state index in [1.807, 2.05) is 12.1 Å². The summed E-state index contributed by atoms with van der Waals surface area (Å²) in [6, 6.07) is 6.05. The molecule has 1 aliphatic heterocycles. The zero-order valence-corrected chi connectivity index (χ0v) is 9.29. The summed E-state index contributed by atoms with van der Waals surface area (Å²) in [4.78, 5) is 0. The van der Waals surface area contributed by atoms with Gasteiger partial charge >= 0.3 is 0 Å². The fraction of sp³-hybridized carbons (Fsp3) is 0.400. The lowest BCUT2D eigenvalue weighted by atomic mass is 9.95. The van der Waals surface area contributed by atoms with Crippen LogP contribution in [0.1, 0.15) is 24.1 Å². The van der Waals surface area contributed by atoms with Crippen molar-refractivity contribution < 1.29 is 5.11 Å². The largest absolute Gasteiger partial charge is 0.508 e. The van der Waals surface area contributed by atoms with Gasteiger partial charge in [0.15, 0.2) is 0 Å². The lowest BCUT2D eigenvalue weighted by Crippen LogP contribution is -2.27. The fourth-order valence-electron chi connectivity index (χ4n) is 1.76. The smallest absolute Gasteiger partial charge is 0.115 e. The molecule has 3 heteroatoms. The molecule has 1 unspecified atom stereocenters. The Bertz CT molecular complexity index is 301. The third-order valence-corrected chi connectivity index (χ3v) is 2.44. The van der Waals surface area contributed by atoms with E-state index in [1.165, 1.54) is 11.1 Å². The van der Waals surface area contributed by atoms with E-state index in [-0.39, 0.29) is 17.0 Å². The van der Waals surface area contributed by atoms with E-state index in [0.717, 1.165) is 13.0 Å². The van der Waals surface area contributed by atoms with Crippen molar-refractivity contribution in [1.82, 2.24) is 5.32 Å². The highest BCUT2D eigenvalue weighted by Crippen LogP contribution is 2.25. The number of phenolic OH excluding ortho intramolecular Hbond substituents is 1. The lowest BCUT2D eigenvalue weighted by molar-refractivity contribution is 0.470. The Morgan fingerprint density at radius 1 is 1.46 bits per heavy atom. The molecule has 0 fully saturated rings. The molecule has 0 saturated carbocycles. The molecule has 0 bridgehead atoms. The lowest BCUT2D eigenvalue weighted by Gasteiger charge is -2.23. The van der Waals surface area contributed by atoms with E-state index in [0.29, 0.717) is 11.8 Å². The summed E-state index contributed by atoms with van der Waals surface area (Å²) < 4.78 is 0. The molecule has 13 heavy (non-hydrogen) atoms. The van der Waals surface area contributed by atoms with Crippen LogP contribution < -0.4 is 5.32 Å². The van der Waals surface area contributed by atoms with E-state index < -0.39 is 0 Å². The summed E-state index contributed by atoms with van der Waals surface area (Å²) >= 11 is 0. The minimum absolute atomic E-state index is 0. The normalized spacial score (nSPS) is 20.2. The van der Waals surface area contributed by atoms with Crippen LogP contribution in [0.2, 0.25) is 0 Å². The number of hydrogen-bond acceptors (Lipinski definition) is 2. The topological polar surface area (TPSA) is 32.3 Å². The predicted octanol–water partition coefficient (Wildman–Crippen LogP) is 2.18. The molecular weight excluding hydrogens is 230 g/mol. The molecule has 1 heterocycles. The van der Waals surface area contributed by atoms with Crippen LogP contribution in [0, 0.1) is 0 Å². The Morgan fingerprint density at radius 2 is 2.23 bits per heavy atom. The summed E-state index contributed by atoms with van der Waals surface area (Å²) in [6.07, 6.45) is 1.02. The van der Waals surface area contributed by atoms with Gasteiger partial charge in [0.1, 0.15) is 5.75 Å². The first-order valence-electron chi connectivity index (χ1n) is 4.32. The van der Waals surface area contributed by atoms with Gasteiger partial charge in [0.05, 0.1) is 0 Å². The van der Waals surface area contributed by atoms with E-state index in [1.54, 1.807) is 6.07 Å². The number of benzene rings is 1. The molecule has 2 nitrogen and oxygen atoms in total. The van der Waals surface area contributed by atoms with Crippen molar-refractivity contribution in [2.75, 3.05) is 6.54 Å². The standard InChI is InChI=1S/C10H13NO.BrH/c1-7-10-3-2-9(12)6-8(10)4-5-11-7;/h2-3,6-7,11-12H,4-5H2,1H3;1H. The number of rotatable bonds is 0. The second-order valence-corrected chi connectivity index (χ2v) is 3.31. The maximum Gasteiger partial charge on any atom is 0.115 e. The van der Waals surface area contributed by atoms with Gasteiger partial charge in [0.25, 0.3) is 0 Å². The minimum atomic E-state index is 0. The highest BCUT2D eigenvalue weighted by Gasteiger charge is 2.14. The Balaban J connectivity index is 0.000000845. The van der Waals surface area contributed by atoms with Crippen LogP contribution >= 0.6 is 17.0 Å². The van der Waals surface area contributed by atoms with Crippen LogP contribution in [0.3, 0.4) is 0 Å². The second-order valence-electron chi connectivity index (χ2n) is 3.31. The molecule has 1 aliphatic rings. The molecule has 0 radical (unpaired) electrons. The molecule has 1 aromatic carbocycles. The van der Waals surface area contributed by atoms with E-state index >= 15 is 0 Å². The van der Waals surface area contributed by atoms with Gasteiger partial charge in [-0.05, 0) is 43.1 Å². The quantitative estimate of drug-likeness (QED) is 0.733. The molecule has 1 aromatic rings. The molecule has 2 N–H and O–H groups in total. The Kier molecular flexibility index (Phi) is 3.33. The van der Waals surface area contributed by atoms with E-state index in [4.69, 9.17) is 0 Å². The van der Waals surface area contributed by atoms with Gasteiger partial charge in [0.2, 0.25) is 0 Å². The third-order valence-electron chi connectivity index (χ3n) is 2.44. The number of fused-ring (bicyclic) bond motifs is 1. The molecule has 0 aliphatic carbocycles. The molecule has 1 atom stereocenters. The zero-order valence-electron chi connectivity index (χ0n) is 7.58. The van der Waals surface area contributed by atoms with Crippen LogP contribution in [0.4, 0.5) is 0 Å². The Morgan fingerprint density at radius 3 is 3.00 bits per heavy atom. The molecule has 2 rings (SSSR count). The average Bonchev–Trinajstić information content (AvgIpc) is 2.04. The second kappa shape index (κ2) is 4.11. The number of nitrogens with one attached hydrogen (secondary N) is 1. The van der Waals surface area contributed by atoms with Crippen molar-refractivity contribution in [3.8, 4) is 5.75 Å². The van der Waals surface area contributed by atoms with Gasteiger partial charge in [-0.3, -0.25) is 0 Å². The van der Waals surface area contributed by atoms with Crippen molar-refractivity contribution in [3.05, 3.63) is 29.3 Å². The maximum absolute atomic E-state index is 9.25. The van der Waals surface area contributed by atoms with Gasteiger partial charge in [-0.25, -0.2) is 0 Å². The molecule has 0 saturated heterocycles. The van der Waals surface area contributed by atoms with Gasteiger partial charge in [-0.1, -0.05) is 6.07 Å². The molecule has 72 valence electrons. The molecular formula is C10H14BrNO. The summed E-state index contributed by atoms with van der Waals surface area (Å²) in [5.74, 6) is 0.378. The minimum Gasteiger partial charge on any atom is -0.508 e. The summed E-state index contributed by atoms with van der Waals surface area (Å²) in [7, 11) is 0. The number of halogens is 1. The van der Waals surface area contributed by atoms with Crippen molar-refractivity contribution in [2.24, 2.45) is 0 Å². The number of phenols is 1. The number of hydrogen-bond donors (Lipinski definition) is 2. The van der Waals surface area contributed by atoms with Crippen molar-refractivity contribution >= 4 is 17.0 Å². The highest BCUT2D eigenvalue weighted by atomic mass is 79.9. The van der Waals surface area contributed by atoms with Crippen LogP contribution in [0.5, 0.6) is 5.75 Å². The van der Waals surface area contributed by atoms with Crippen molar-refractivity contribution in [3.63, 3.8) is 0 Å². The third kappa shape index (κ3) is 2.03. The molecule has 0 spiro atoms. The Labute approximate surface area is 88.7 Å². The monoisotopic (exact) mass is 243 g/mol. The summed E-state index contributed by atoms with van der Waals surface area (Å²) in [5.41, 5.74) is 2.60. The first-order valence-corrected chi connectivity index (χ1v) is 4.32. The van der Waals surface area contributed by atoms with Crippen LogP contribution in [0.15, 0.2) is 18.2 Å². The van der Waals surface area contributed by atoms with Gasteiger partial charge in [-0.2, -0.15) is 0 Å². The van der Waals surface area contributed by atoms with Gasteiger partial charge < -0.3 is 10.4 Å². The predicted molar refractivity (Wildman–Crippen MR) is 58.6 cm³/mol. The first kappa shape index (κ1) is 10.5. The van der Waals surface area contributed by atoms with Crippen LogP contribution in [-0.2, 0) is 6.42 Å². The zero-order chi connectivity index (χ0) is 8.55. The molecule has 0 aromatic heterocycles. The number of aromatic hydroxyl groups is 1. The highest BCUT2D eigenvalue weighted by molar-refractivity contribution is 8.93. The Hall–Kier alpha value is -0.540. The van der Waals surface area contributed by atoms with E-state index in [9.17, 15) is 5.11 Å². The average molecular weight is 244 g/mol. The van der Waals surface area contributed by atoms with Crippen molar-refractivity contribution in [2.45, 2.75) is 19.4 Å². The van der Waals surface area contributed by atoms with Crippen LogP contribution in [0.25, 0.3) is 0 Å². The van der Waals surface area contributed by atoms with Crippen molar-refractivity contribution in [1.29, 1.82) is 0 Å². The maximum atomic E-state index is 9.25. The fourth-order valence-corrected chi connectivity index (χ4v) is 1.76. The molecule has 0 amide bonds. The van der Waals surface area contributed by atoms with Gasteiger partial charge in [-0.15, -0.1) is 17.0 Å². The van der Waals surface area contributed by atoms with Crippen LogP contribution in [-0.4, -0.2) is 11.7 Å².